The van der Waals surface area contributed by atoms with Crippen LogP contribution in [0.1, 0.15) is 0 Å². The monoisotopic (exact) mass is 293 g/mol. The molecule has 0 aliphatic carbocycles. The van der Waals surface area contributed by atoms with E-state index < -0.39 is 0 Å². The molecule has 0 saturated carbocycles. The van der Waals surface area contributed by atoms with Gasteiger partial charge in [0.2, 0.25) is 0 Å². The van der Waals surface area contributed by atoms with Crippen LogP contribution in [0.4, 0.5) is 5.69 Å². The summed E-state index contributed by atoms with van der Waals surface area (Å²) < 4.78 is 5.59. The van der Waals surface area contributed by atoms with Gasteiger partial charge < -0.3 is 15.5 Å². The average molecular weight is 294 g/mol. The minimum atomic E-state index is 0.374. The molecule has 0 fully saturated rings. The number of nitrogens with zero attached hydrogens (tertiary/aromatic N) is 1. The van der Waals surface area contributed by atoms with Crippen LogP contribution in [-0.4, -0.2) is 9.97 Å². The zero-order chi connectivity index (χ0) is 13.4. The summed E-state index contributed by atoms with van der Waals surface area (Å²) in [6.07, 6.45) is 0. The third-order valence-corrected chi connectivity index (χ3v) is 3.33. The summed E-state index contributed by atoms with van der Waals surface area (Å²) >= 11 is 11.8. The Balaban J connectivity index is 1.94. The van der Waals surface area contributed by atoms with E-state index in [1.54, 1.807) is 30.3 Å². The highest BCUT2D eigenvalue weighted by atomic mass is 35.5. The predicted octanol–water partition coefficient (Wildman–Crippen LogP) is 4.24. The van der Waals surface area contributed by atoms with Gasteiger partial charge in [-0.15, -0.1) is 0 Å². The Bertz CT molecular complexity index is 755. The van der Waals surface area contributed by atoms with Crippen LogP contribution in [0.3, 0.4) is 0 Å². The maximum atomic E-state index is 5.92. The summed E-state index contributed by atoms with van der Waals surface area (Å²) in [7, 11) is 0. The number of ether oxygens (including phenoxy) is 1. The zero-order valence-corrected chi connectivity index (χ0v) is 11.2. The number of H-pyrrole nitrogens is 1. The van der Waals surface area contributed by atoms with Crippen molar-refractivity contribution >= 4 is 39.9 Å². The molecule has 0 amide bonds. The molecule has 3 aromatic rings. The second-order valence-electron chi connectivity index (χ2n) is 4.00. The molecule has 4 nitrogen and oxygen atoms in total. The molecule has 0 aliphatic heterocycles. The molecule has 19 heavy (non-hydrogen) atoms. The number of anilines is 1. The third-order valence-electron chi connectivity index (χ3n) is 2.59. The SMILES string of the molecule is Nc1ccc2nc(Oc3ccc(Cl)c(Cl)c3)[nH]c2c1. The van der Waals surface area contributed by atoms with E-state index in [-0.39, 0.29) is 0 Å². The first-order valence-corrected chi connectivity index (χ1v) is 6.25. The predicted molar refractivity (Wildman–Crippen MR) is 77.0 cm³/mol. The molecule has 0 atom stereocenters. The van der Waals surface area contributed by atoms with Crippen molar-refractivity contribution < 1.29 is 4.74 Å². The fourth-order valence-corrected chi connectivity index (χ4v) is 1.99. The zero-order valence-electron chi connectivity index (χ0n) is 9.65. The summed E-state index contributed by atoms with van der Waals surface area (Å²) in [5.74, 6) is 0.557. The molecule has 0 aliphatic rings. The standard InChI is InChI=1S/C13H9Cl2N3O/c14-9-3-2-8(6-10(9)15)19-13-17-11-4-1-7(16)5-12(11)18-13/h1-6H,16H2,(H,17,18). The smallest absolute Gasteiger partial charge is 0.300 e. The van der Waals surface area contributed by atoms with Crippen molar-refractivity contribution in [2.45, 2.75) is 0 Å². The first-order valence-electron chi connectivity index (χ1n) is 5.50. The Labute approximate surface area is 119 Å². The summed E-state index contributed by atoms with van der Waals surface area (Å²) in [6, 6.07) is 10.8. The van der Waals surface area contributed by atoms with E-state index in [1.807, 2.05) is 6.07 Å². The molecule has 0 unspecified atom stereocenters. The molecule has 2 aromatic carbocycles. The molecular formula is C13H9Cl2N3O. The Kier molecular flexibility index (Phi) is 2.97. The van der Waals surface area contributed by atoms with Gasteiger partial charge in [0.25, 0.3) is 6.01 Å². The summed E-state index contributed by atoms with van der Waals surface area (Å²) in [5.41, 5.74) is 7.96. The first-order chi connectivity index (χ1) is 9.11. The number of aromatic amines is 1. The largest absolute Gasteiger partial charge is 0.426 e. The molecule has 0 spiro atoms. The van der Waals surface area contributed by atoms with Gasteiger partial charge in [0, 0.05) is 11.8 Å². The summed E-state index contributed by atoms with van der Waals surface area (Å²) in [6.45, 7) is 0. The van der Waals surface area contributed by atoms with Crippen molar-refractivity contribution in [3.63, 3.8) is 0 Å². The van der Waals surface area contributed by atoms with Crippen molar-refractivity contribution in [2.24, 2.45) is 0 Å². The van der Waals surface area contributed by atoms with Crippen molar-refractivity contribution in [3.8, 4) is 11.8 Å². The van der Waals surface area contributed by atoms with E-state index in [4.69, 9.17) is 33.7 Å². The van der Waals surface area contributed by atoms with Crippen molar-refractivity contribution in [3.05, 3.63) is 46.4 Å². The Morgan fingerprint density at radius 2 is 1.89 bits per heavy atom. The Morgan fingerprint density at radius 3 is 2.68 bits per heavy atom. The van der Waals surface area contributed by atoms with E-state index in [0.29, 0.717) is 27.5 Å². The quantitative estimate of drug-likeness (QED) is 0.695. The number of halogens is 2. The molecule has 1 heterocycles. The van der Waals surface area contributed by atoms with Crippen LogP contribution in [0.2, 0.25) is 10.0 Å². The van der Waals surface area contributed by atoms with Crippen molar-refractivity contribution in [1.82, 2.24) is 9.97 Å². The molecule has 1 aromatic heterocycles. The molecule has 3 N–H and O–H groups in total. The normalized spacial score (nSPS) is 10.8. The number of imidazole rings is 1. The summed E-state index contributed by atoms with van der Waals surface area (Å²) in [5, 5.41) is 0.908. The molecule has 0 saturated heterocycles. The Hall–Kier alpha value is -1.91. The molecule has 96 valence electrons. The highest BCUT2D eigenvalue weighted by Gasteiger charge is 2.06. The van der Waals surface area contributed by atoms with Crippen LogP contribution in [0.15, 0.2) is 36.4 Å². The number of nitrogens with one attached hydrogen (secondary N) is 1. The number of rotatable bonds is 2. The van der Waals surface area contributed by atoms with E-state index in [0.717, 1.165) is 11.0 Å². The van der Waals surface area contributed by atoms with E-state index in [1.165, 1.54) is 0 Å². The average Bonchev–Trinajstić information content (AvgIpc) is 2.75. The molecular weight excluding hydrogens is 285 g/mol. The lowest BCUT2D eigenvalue weighted by Crippen LogP contribution is -1.85. The highest BCUT2D eigenvalue weighted by Crippen LogP contribution is 2.29. The molecule has 6 heteroatoms. The maximum Gasteiger partial charge on any atom is 0.300 e. The summed E-state index contributed by atoms with van der Waals surface area (Å²) in [4.78, 5) is 7.32. The Morgan fingerprint density at radius 1 is 1.05 bits per heavy atom. The lowest BCUT2D eigenvalue weighted by atomic mass is 10.3. The van der Waals surface area contributed by atoms with Gasteiger partial charge in [0.05, 0.1) is 21.1 Å². The lowest BCUT2D eigenvalue weighted by molar-refractivity contribution is 0.449. The fraction of sp³-hybridized carbons (Fsp3) is 0. The van der Waals surface area contributed by atoms with Crippen molar-refractivity contribution in [2.75, 3.05) is 5.73 Å². The minimum Gasteiger partial charge on any atom is -0.426 e. The number of benzene rings is 2. The maximum absolute atomic E-state index is 5.92. The van der Waals surface area contributed by atoms with Crippen LogP contribution >= 0.6 is 23.2 Å². The number of aromatic nitrogens is 2. The number of nitrogen functional groups attached to an aromatic ring is 1. The van der Waals surface area contributed by atoms with E-state index in [2.05, 4.69) is 9.97 Å². The molecule has 0 radical (unpaired) electrons. The van der Waals surface area contributed by atoms with E-state index >= 15 is 0 Å². The van der Waals surface area contributed by atoms with Gasteiger partial charge in [-0.1, -0.05) is 23.2 Å². The number of fused-ring (bicyclic) bond motifs is 1. The van der Waals surface area contributed by atoms with Gasteiger partial charge in [-0.25, -0.2) is 0 Å². The topological polar surface area (TPSA) is 63.9 Å². The minimum absolute atomic E-state index is 0.374. The van der Waals surface area contributed by atoms with Gasteiger partial charge in [-0.2, -0.15) is 4.98 Å². The van der Waals surface area contributed by atoms with E-state index in [9.17, 15) is 0 Å². The first kappa shape index (κ1) is 12.1. The second kappa shape index (κ2) is 4.64. The van der Waals surface area contributed by atoms with Crippen LogP contribution in [0, 0.1) is 0 Å². The second-order valence-corrected chi connectivity index (χ2v) is 4.81. The highest BCUT2D eigenvalue weighted by molar-refractivity contribution is 6.42. The van der Waals surface area contributed by atoms with Gasteiger partial charge in [-0.05, 0) is 30.3 Å². The van der Waals surface area contributed by atoms with Crippen LogP contribution in [0.25, 0.3) is 11.0 Å². The third kappa shape index (κ3) is 2.45. The molecule has 3 rings (SSSR count). The molecule has 0 bridgehead atoms. The van der Waals surface area contributed by atoms with Gasteiger partial charge in [-0.3, -0.25) is 0 Å². The number of hydrogen-bond donors (Lipinski definition) is 2. The number of hydrogen-bond acceptors (Lipinski definition) is 3. The lowest BCUT2D eigenvalue weighted by Gasteiger charge is -2.02. The van der Waals surface area contributed by atoms with Crippen molar-refractivity contribution in [1.29, 1.82) is 0 Å². The fourth-order valence-electron chi connectivity index (χ4n) is 1.70. The number of nitrogens with two attached hydrogens (primary N) is 1. The van der Waals surface area contributed by atoms with Gasteiger partial charge >= 0.3 is 0 Å². The van der Waals surface area contributed by atoms with Crippen LogP contribution in [0.5, 0.6) is 11.8 Å². The van der Waals surface area contributed by atoms with Crippen LogP contribution in [-0.2, 0) is 0 Å². The van der Waals surface area contributed by atoms with Gasteiger partial charge in [0.15, 0.2) is 0 Å². The van der Waals surface area contributed by atoms with Gasteiger partial charge in [0.1, 0.15) is 5.75 Å². The van der Waals surface area contributed by atoms with Crippen LogP contribution < -0.4 is 10.5 Å².